The molecule has 0 radical (unpaired) electrons. The Bertz CT molecular complexity index is 1290. The van der Waals surface area contributed by atoms with Crippen molar-refractivity contribution in [2.45, 2.75) is 0 Å². The molecule has 0 aliphatic carbocycles. The highest BCUT2D eigenvalue weighted by atomic mass is 79.9. The van der Waals surface area contributed by atoms with E-state index in [0.29, 0.717) is 15.7 Å². The summed E-state index contributed by atoms with van der Waals surface area (Å²) in [6.07, 6.45) is 1.25. The van der Waals surface area contributed by atoms with Crippen molar-refractivity contribution in [2.75, 3.05) is 17.2 Å². The van der Waals surface area contributed by atoms with Crippen LogP contribution in [0.1, 0.15) is 5.56 Å². The largest absolute Gasteiger partial charge is 0.483 e. The monoisotopic (exact) mass is 580 g/mol. The molecule has 0 heterocycles. The maximum absolute atomic E-state index is 13.0. The molecule has 0 atom stereocenters. The number of anilines is 2. The van der Waals surface area contributed by atoms with E-state index in [-0.39, 0.29) is 28.1 Å². The topological polar surface area (TPSA) is 109 Å². The van der Waals surface area contributed by atoms with Crippen molar-refractivity contribution in [3.05, 3.63) is 86.6 Å². The van der Waals surface area contributed by atoms with Gasteiger partial charge in [0.25, 0.3) is 5.91 Å². The predicted molar refractivity (Wildman–Crippen MR) is 135 cm³/mol. The second-order valence-electron chi connectivity index (χ2n) is 6.78. The number of ether oxygens (including phenoxy) is 1. The van der Waals surface area contributed by atoms with Crippen LogP contribution in [0.3, 0.4) is 0 Å². The van der Waals surface area contributed by atoms with E-state index in [1.54, 1.807) is 24.3 Å². The van der Waals surface area contributed by atoms with Gasteiger partial charge < -0.3 is 15.4 Å². The lowest BCUT2D eigenvalue weighted by Crippen LogP contribution is -2.32. The summed E-state index contributed by atoms with van der Waals surface area (Å²) in [6, 6.07) is 14.8. The number of carbonyl (C=O) groups excluding carboxylic acids is 3. The van der Waals surface area contributed by atoms with Gasteiger partial charge in [0.15, 0.2) is 6.61 Å². The maximum atomic E-state index is 13.0. The van der Waals surface area contributed by atoms with Gasteiger partial charge in [0, 0.05) is 15.7 Å². The first-order valence-electron chi connectivity index (χ1n) is 9.79. The third-order valence-corrected chi connectivity index (χ3v) is 5.55. The SMILES string of the molecule is O=C(COc1ccc(Br)cc1/C=N\NC(=O)C(=O)Nc1cccc(Cl)c1Cl)Nc1ccc(F)cc1. The summed E-state index contributed by atoms with van der Waals surface area (Å²) in [5.41, 5.74) is 3.09. The molecule has 0 aliphatic rings. The Kier molecular flexibility index (Phi) is 9.18. The Morgan fingerprint density at radius 2 is 1.74 bits per heavy atom. The van der Waals surface area contributed by atoms with E-state index in [1.165, 1.54) is 42.6 Å². The summed E-state index contributed by atoms with van der Waals surface area (Å²) in [5.74, 6) is -2.65. The summed E-state index contributed by atoms with van der Waals surface area (Å²) in [5, 5.41) is 8.99. The van der Waals surface area contributed by atoms with E-state index < -0.39 is 23.5 Å². The van der Waals surface area contributed by atoms with E-state index in [4.69, 9.17) is 27.9 Å². The molecule has 180 valence electrons. The Balaban J connectivity index is 1.58. The first kappa shape index (κ1) is 26.1. The number of hydrogen-bond acceptors (Lipinski definition) is 5. The summed E-state index contributed by atoms with van der Waals surface area (Å²) in [6.45, 7) is -0.338. The molecule has 12 heteroatoms. The fourth-order valence-electron chi connectivity index (χ4n) is 2.62. The standard InChI is InChI=1S/C23H16BrCl2FN4O4/c24-14-4-9-19(35-12-20(32)29-16-7-5-15(27)6-8-16)13(10-14)11-28-31-23(34)22(33)30-18-3-1-2-17(25)21(18)26/h1-11H,12H2,(H,29,32)(H,30,33)(H,31,34)/b28-11-. The van der Waals surface area contributed by atoms with E-state index >= 15 is 0 Å². The highest BCUT2D eigenvalue weighted by molar-refractivity contribution is 9.10. The summed E-state index contributed by atoms with van der Waals surface area (Å²) in [4.78, 5) is 36.3. The molecule has 8 nitrogen and oxygen atoms in total. The zero-order valence-corrected chi connectivity index (χ0v) is 20.7. The third kappa shape index (κ3) is 7.78. The molecule has 3 rings (SSSR count). The van der Waals surface area contributed by atoms with Gasteiger partial charge in [-0.3, -0.25) is 14.4 Å². The lowest BCUT2D eigenvalue weighted by molar-refractivity contribution is -0.136. The van der Waals surface area contributed by atoms with Crippen molar-refractivity contribution in [3.63, 3.8) is 0 Å². The van der Waals surface area contributed by atoms with Gasteiger partial charge >= 0.3 is 11.8 Å². The van der Waals surface area contributed by atoms with Crippen LogP contribution in [0.2, 0.25) is 10.0 Å². The van der Waals surface area contributed by atoms with Gasteiger partial charge in [-0.15, -0.1) is 0 Å². The fourth-order valence-corrected chi connectivity index (χ4v) is 3.34. The van der Waals surface area contributed by atoms with Crippen LogP contribution in [0.4, 0.5) is 15.8 Å². The van der Waals surface area contributed by atoms with Crippen molar-refractivity contribution >= 4 is 74.4 Å². The Hall–Kier alpha value is -3.47. The Morgan fingerprint density at radius 1 is 1.00 bits per heavy atom. The van der Waals surface area contributed by atoms with Crippen LogP contribution >= 0.6 is 39.1 Å². The van der Waals surface area contributed by atoms with Gasteiger partial charge in [0.2, 0.25) is 0 Å². The zero-order chi connectivity index (χ0) is 25.4. The van der Waals surface area contributed by atoms with Gasteiger partial charge in [-0.05, 0) is 54.6 Å². The Morgan fingerprint density at radius 3 is 2.49 bits per heavy atom. The van der Waals surface area contributed by atoms with Crippen LogP contribution in [0.15, 0.2) is 70.2 Å². The van der Waals surface area contributed by atoms with Crippen molar-refractivity contribution in [1.82, 2.24) is 5.43 Å². The molecule has 0 bridgehead atoms. The molecule has 0 spiro atoms. The number of benzene rings is 3. The quantitative estimate of drug-likeness (QED) is 0.207. The van der Waals surface area contributed by atoms with Crippen molar-refractivity contribution < 1.29 is 23.5 Å². The van der Waals surface area contributed by atoms with Gasteiger partial charge in [0.05, 0.1) is 21.9 Å². The smallest absolute Gasteiger partial charge is 0.329 e. The van der Waals surface area contributed by atoms with Crippen LogP contribution in [0.5, 0.6) is 5.75 Å². The lowest BCUT2D eigenvalue weighted by Gasteiger charge is -2.10. The van der Waals surface area contributed by atoms with E-state index in [9.17, 15) is 18.8 Å². The number of halogens is 4. The number of rotatable bonds is 7. The normalized spacial score (nSPS) is 10.6. The van der Waals surface area contributed by atoms with E-state index in [1.807, 2.05) is 0 Å². The lowest BCUT2D eigenvalue weighted by atomic mass is 10.2. The van der Waals surface area contributed by atoms with Crippen LogP contribution in [0.25, 0.3) is 0 Å². The van der Waals surface area contributed by atoms with E-state index in [0.717, 1.165) is 0 Å². The van der Waals surface area contributed by atoms with Crippen LogP contribution < -0.4 is 20.8 Å². The molecule has 3 aromatic carbocycles. The first-order chi connectivity index (χ1) is 16.7. The number of hydrazone groups is 1. The molecule has 3 N–H and O–H groups in total. The second kappa shape index (κ2) is 12.3. The molecule has 0 fully saturated rings. The van der Waals surface area contributed by atoms with Crippen molar-refractivity contribution in [3.8, 4) is 5.75 Å². The molecule has 0 saturated heterocycles. The predicted octanol–water partition coefficient (Wildman–Crippen LogP) is 5.00. The number of nitrogens with zero attached hydrogens (tertiary/aromatic N) is 1. The van der Waals surface area contributed by atoms with Gasteiger partial charge in [0.1, 0.15) is 11.6 Å². The van der Waals surface area contributed by atoms with Crippen molar-refractivity contribution in [1.29, 1.82) is 0 Å². The molecule has 0 aromatic heterocycles. The number of carbonyl (C=O) groups is 3. The first-order valence-corrected chi connectivity index (χ1v) is 11.3. The number of nitrogens with one attached hydrogen (secondary N) is 3. The molecule has 3 aromatic rings. The number of amides is 3. The molecule has 35 heavy (non-hydrogen) atoms. The highest BCUT2D eigenvalue weighted by Gasteiger charge is 2.15. The van der Waals surface area contributed by atoms with Gasteiger partial charge in [-0.2, -0.15) is 5.10 Å². The summed E-state index contributed by atoms with van der Waals surface area (Å²) in [7, 11) is 0. The third-order valence-electron chi connectivity index (χ3n) is 4.23. The van der Waals surface area contributed by atoms with Crippen LogP contribution in [0, 0.1) is 5.82 Å². The molecular formula is C23H16BrCl2FN4O4. The fraction of sp³-hybridized carbons (Fsp3) is 0.0435. The number of hydrogen-bond donors (Lipinski definition) is 3. The molecule has 0 unspecified atom stereocenters. The minimum absolute atomic E-state index is 0.0956. The van der Waals surface area contributed by atoms with Crippen molar-refractivity contribution in [2.24, 2.45) is 5.10 Å². The van der Waals surface area contributed by atoms with Crippen LogP contribution in [-0.2, 0) is 14.4 Å². The molecule has 3 amide bonds. The van der Waals surface area contributed by atoms with Gasteiger partial charge in [-0.25, -0.2) is 9.82 Å². The second-order valence-corrected chi connectivity index (χ2v) is 8.48. The van der Waals surface area contributed by atoms with Crippen LogP contribution in [-0.4, -0.2) is 30.5 Å². The van der Waals surface area contributed by atoms with Gasteiger partial charge in [-0.1, -0.05) is 45.2 Å². The molecule has 0 saturated carbocycles. The average molecular weight is 582 g/mol. The molecular weight excluding hydrogens is 566 g/mol. The maximum Gasteiger partial charge on any atom is 0.329 e. The minimum atomic E-state index is -1.05. The highest BCUT2D eigenvalue weighted by Crippen LogP contribution is 2.29. The Labute approximate surface area is 217 Å². The van der Waals surface area contributed by atoms with E-state index in [2.05, 4.69) is 37.1 Å². The summed E-state index contributed by atoms with van der Waals surface area (Å²) < 4.78 is 19.2. The molecule has 0 aliphatic heterocycles. The average Bonchev–Trinajstić information content (AvgIpc) is 2.83. The summed E-state index contributed by atoms with van der Waals surface area (Å²) >= 11 is 15.2. The zero-order valence-electron chi connectivity index (χ0n) is 17.7. The minimum Gasteiger partial charge on any atom is -0.483 e.